The zero-order chi connectivity index (χ0) is 13.0. The highest BCUT2D eigenvalue weighted by atomic mass is 16.5. The lowest BCUT2D eigenvalue weighted by Gasteiger charge is -2.09. The SMILES string of the molecule is COc1cccc(CNc2cc(C)cc(C)c2)n1. The van der Waals surface area contributed by atoms with Gasteiger partial charge in [-0.2, -0.15) is 0 Å². The van der Waals surface area contributed by atoms with Gasteiger partial charge < -0.3 is 10.1 Å². The molecule has 3 heteroatoms. The first kappa shape index (κ1) is 12.4. The maximum atomic E-state index is 5.11. The van der Waals surface area contributed by atoms with E-state index in [2.05, 4.69) is 42.3 Å². The monoisotopic (exact) mass is 242 g/mol. The molecule has 0 amide bonds. The van der Waals surface area contributed by atoms with Crippen LogP contribution in [-0.2, 0) is 6.54 Å². The van der Waals surface area contributed by atoms with Crippen LogP contribution in [0, 0.1) is 13.8 Å². The largest absolute Gasteiger partial charge is 0.481 e. The second-order valence-electron chi connectivity index (χ2n) is 4.40. The second-order valence-corrected chi connectivity index (χ2v) is 4.40. The van der Waals surface area contributed by atoms with Crippen LogP contribution in [-0.4, -0.2) is 12.1 Å². The molecule has 0 unspecified atom stereocenters. The minimum Gasteiger partial charge on any atom is -0.481 e. The van der Waals surface area contributed by atoms with Crippen LogP contribution in [0.3, 0.4) is 0 Å². The molecule has 1 aromatic heterocycles. The number of benzene rings is 1. The molecule has 18 heavy (non-hydrogen) atoms. The summed E-state index contributed by atoms with van der Waals surface area (Å²) in [6.07, 6.45) is 0. The number of pyridine rings is 1. The Bertz CT molecular complexity index is 518. The summed E-state index contributed by atoms with van der Waals surface area (Å²) in [6.45, 7) is 4.89. The summed E-state index contributed by atoms with van der Waals surface area (Å²) >= 11 is 0. The average molecular weight is 242 g/mol. The third kappa shape index (κ3) is 3.23. The molecule has 1 aromatic carbocycles. The first-order chi connectivity index (χ1) is 8.67. The van der Waals surface area contributed by atoms with Gasteiger partial charge >= 0.3 is 0 Å². The quantitative estimate of drug-likeness (QED) is 0.893. The summed E-state index contributed by atoms with van der Waals surface area (Å²) < 4.78 is 5.11. The van der Waals surface area contributed by atoms with Crippen LogP contribution in [0.15, 0.2) is 36.4 Å². The van der Waals surface area contributed by atoms with Crippen molar-refractivity contribution in [3.63, 3.8) is 0 Å². The summed E-state index contributed by atoms with van der Waals surface area (Å²) in [5.74, 6) is 0.648. The van der Waals surface area contributed by atoms with E-state index in [0.717, 1.165) is 11.4 Å². The van der Waals surface area contributed by atoms with Gasteiger partial charge in [0.2, 0.25) is 5.88 Å². The van der Waals surface area contributed by atoms with Crippen molar-refractivity contribution < 1.29 is 4.74 Å². The number of rotatable bonds is 4. The highest BCUT2D eigenvalue weighted by molar-refractivity contribution is 5.48. The first-order valence-corrected chi connectivity index (χ1v) is 5.99. The van der Waals surface area contributed by atoms with E-state index in [0.29, 0.717) is 12.4 Å². The second kappa shape index (κ2) is 5.54. The normalized spacial score (nSPS) is 10.2. The van der Waals surface area contributed by atoms with Crippen LogP contribution >= 0.6 is 0 Å². The molecule has 0 fully saturated rings. The van der Waals surface area contributed by atoms with Gasteiger partial charge in [0.15, 0.2) is 0 Å². The Morgan fingerprint density at radius 2 is 1.83 bits per heavy atom. The van der Waals surface area contributed by atoms with E-state index >= 15 is 0 Å². The zero-order valence-corrected chi connectivity index (χ0v) is 11.0. The number of ether oxygens (including phenoxy) is 1. The van der Waals surface area contributed by atoms with Crippen molar-refractivity contribution in [2.24, 2.45) is 0 Å². The highest BCUT2D eigenvalue weighted by Crippen LogP contribution is 2.15. The Balaban J connectivity index is 2.06. The molecule has 0 atom stereocenters. The molecule has 0 saturated heterocycles. The summed E-state index contributed by atoms with van der Waals surface area (Å²) in [5, 5.41) is 3.38. The van der Waals surface area contributed by atoms with Crippen molar-refractivity contribution in [2.45, 2.75) is 20.4 Å². The van der Waals surface area contributed by atoms with Gasteiger partial charge in [0.1, 0.15) is 0 Å². The molecule has 0 spiro atoms. The fourth-order valence-electron chi connectivity index (χ4n) is 1.94. The van der Waals surface area contributed by atoms with Crippen molar-refractivity contribution in [2.75, 3.05) is 12.4 Å². The molecular formula is C15H18N2O. The average Bonchev–Trinajstić information content (AvgIpc) is 2.35. The number of aromatic nitrogens is 1. The number of nitrogens with zero attached hydrogens (tertiary/aromatic N) is 1. The van der Waals surface area contributed by atoms with Crippen LogP contribution in [0.4, 0.5) is 5.69 Å². The molecule has 2 rings (SSSR count). The van der Waals surface area contributed by atoms with E-state index in [1.165, 1.54) is 11.1 Å². The molecule has 1 heterocycles. The fraction of sp³-hybridized carbons (Fsp3) is 0.267. The number of hydrogen-bond acceptors (Lipinski definition) is 3. The lowest BCUT2D eigenvalue weighted by molar-refractivity contribution is 0.396. The van der Waals surface area contributed by atoms with Crippen LogP contribution < -0.4 is 10.1 Å². The number of aryl methyl sites for hydroxylation is 2. The molecule has 0 aliphatic heterocycles. The number of methoxy groups -OCH3 is 1. The Hall–Kier alpha value is -2.03. The van der Waals surface area contributed by atoms with E-state index < -0.39 is 0 Å². The lowest BCUT2D eigenvalue weighted by Crippen LogP contribution is -2.02. The van der Waals surface area contributed by atoms with E-state index in [1.807, 2.05) is 18.2 Å². The van der Waals surface area contributed by atoms with Crippen LogP contribution in [0.2, 0.25) is 0 Å². The Morgan fingerprint density at radius 3 is 2.50 bits per heavy atom. The summed E-state index contributed by atoms with van der Waals surface area (Å²) in [6, 6.07) is 12.2. The van der Waals surface area contributed by atoms with Gasteiger partial charge in [0.05, 0.1) is 19.3 Å². The van der Waals surface area contributed by atoms with E-state index in [1.54, 1.807) is 7.11 Å². The predicted octanol–water partition coefficient (Wildman–Crippen LogP) is 3.32. The molecule has 94 valence electrons. The third-order valence-corrected chi connectivity index (χ3v) is 2.69. The molecule has 1 N–H and O–H groups in total. The van der Waals surface area contributed by atoms with Gasteiger partial charge in [-0.25, -0.2) is 4.98 Å². The smallest absolute Gasteiger partial charge is 0.213 e. The van der Waals surface area contributed by atoms with Crippen molar-refractivity contribution >= 4 is 5.69 Å². The molecule has 0 aliphatic carbocycles. The molecular weight excluding hydrogens is 224 g/mol. The summed E-state index contributed by atoms with van der Waals surface area (Å²) in [4.78, 5) is 4.37. The van der Waals surface area contributed by atoms with Crippen LogP contribution in [0.5, 0.6) is 5.88 Å². The topological polar surface area (TPSA) is 34.1 Å². The van der Waals surface area contributed by atoms with Crippen LogP contribution in [0.25, 0.3) is 0 Å². The van der Waals surface area contributed by atoms with Gasteiger partial charge in [0, 0.05) is 11.8 Å². The van der Waals surface area contributed by atoms with E-state index in [4.69, 9.17) is 4.74 Å². The molecule has 0 aliphatic rings. The maximum Gasteiger partial charge on any atom is 0.213 e. The lowest BCUT2D eigenvalue weighted by atomic mass is 10.1. The van der Waals surface area contributed by atoms with Crippen LogP contribution in [0.1, 0.15) is 16.8 Å². The fourth-order valence-corrected chi connectivity index (χ4v) is 1.94. The Morgan fingerprint density at radius 1 is 1.11 bits per heavy atom. The zero-order valence-electron chi connectivity index (χ0n) is 11.0. The predicted molar refractivity (Wildman–Crippen MR) is 74.0 cm³/mol. The van der Waals surface area contributed by atoms with Crippen molar-refractivity contribution in [1.29, 1.82) is 0 Å². The Kier molecular flexibility index (Phi) is 3.82. The minimum absolute atomic E-state index is 0.648. The van der Waals surface area contributed by atoms with E-state index in [-0.39, 0.29) is 0 Å². The minimum atomic E-state index is 0.648. The first-order valence-electron chi connectivity index (χ1n) is 5.99. The van der Waals surface area contributed by atoms with Gasteiger partial charge in [0.25, 0.3) is 0 Å². The molecule has 0 radical (unpaired) electrons. The Labute approximate surface area is 108 Å². The summed E-state index contributed by atoms with van der Waals surface area (Å²) in [7, 11) is 1.63. The maximum absolute atomic E-state index is 5.11. The summed E-state index contributed by atoms with van der Waals surface area (Å²) in [5.41, 5.74) is 4.61. The van der Waals surface area contributed by atoms with Gasteiger partial charge in [-0.05, 0) is 43.2 Å². The van der Waals surface area contributed by atoms with Crippen molar-refractivity contribution in [1.82, 2.24) is 4.98 Å². The van der Waals surface area contributed by atoms with Gasteiger partial charge in [-0.3, -0.25) is 0 Å². The standard InChI is InChI=1S/C15H18N2O/c1-11-7-12(2)9-14(8-11)16-10-13-5-4-6-15(17-13)18-3/h4-9,16H,10H2,1-3H3. The van der Waals surface area contributed by atoms with E-state index in [9.17, 15) is 0 Å². The van der Waals surface area contributed by atoms with Crippen molar-refractivity contribution in [3.8, 4) is 5.88 Å². The van der Waals surface area contributed by atoms with Gasteiger partial charge in [-0.15, -0.1) is 0 Å². The third-order valence-electron chi connectivity index (χ3n) is 2.69. The molecule has 3 nitrogen and oxygen atoms in total. The molecule has 2 aromatic rings. The number of anilines is 1. The van der Waals surface area contributed by atoms with Crippen molar-refractivity contribution in [3.05, 3.63) is 53.2 Å². The number of hydrogen-bond donors (Lipinski definition) is 1. The van der Waals surface area contributed by atoms with Gasteiger partial charge in [-0.1, -0.05) is 12.1 Å². The molecule has 0 bridgehead atoms. The number of nitrogens with one attached hydrogen (secondary N) is 1. The highest BCUT2D eigenvalue weighted by Gasteiger charge is 1.99. The molecule has 0 saturated carbocycles.